The minimum atomic E-state index is -1.05. The van der Waals surface area contributed by atoms with Crippen molar-refractivity contribution < 1.29 is 19.7 Å². The van der Waals surface area contributed by atoms with Crippen molar-refractivity contribution >= 4 is 17.7 Å². The van der Waals surface area contributed by atoms with Gasteiger partial charge >= 0.3 is 5.97 Å². The molecule has 7 heteroatoms. The van der Waals surface area contributed by atoms with Crippen molar-refractivity contribution in [2.75, 3.05) is 19.5 Å². The molecule has 6 nitrogen and oxygen atoms in total. The lowest BCUT2D eigenvalue weighted by molar-refractivity contribution is 0.0689. The van der Waals surface area contributed by atoms with Crippen molar-refractivity contribution in [1.82, 2.24) is 9.97 Å². The lowest BCUT2D eigenvalue weighted by atomic mass is 10.2. The number of aliphatic hydroxyl groups excluding tert-OH is 1. The molecule has 0 aliphatic carbocycles. The van der Waals surface area contributed by atoms with E-state index >= 15 is 0 Å². The molecule has 1 aromatic heterocycles. The molecule has 0 spiro atoms. The Morgan fingerprint density at radius 2 is 2.05 bits per heavy atom. The van der Waals surface area contributed by atoms with Crippen LogP contribution < -0.4 is 0 Å². The van der Waals surface area contributed by atoms with Crippen LogP contribution in [0.15, 0.2) is 5.03 Å². The van der Waals surface area contributed by atoms with E-state index in [1.807, 2.05) is 13.8 Å². The summed E-state index contributed by atoms with van der Waals surface area (Å²) in [5.74, 6) is -0.0141. The largest absolute Gasteiger partial charge is 0.478 e. The lowest BCUT2D eigenvalue weighted by Gasteiger charge is -2.13. The summed E-state index contributed by atoms with van der Waals surface area (Å²) in [5.41, 5.74) is 0.545. The predicted octanol–water partition coefficient (Wildman–Crippen LogP) is 1.71. The summed E-state index contributed by atoms with van der Waals surface area (Å²) < 4.78 is 4.84. The topological polar surface area (TPSA) is 92.5 Å². The Labute approximate surface area is 122 Å². The van der Waals surface area contributed by atoms with Crippen LogP contribution >= 0.6 is 11.8 Å². The number of rotatable bonds is 7. The number of carboxylic acid groups (broad SMARTS) is 1. The van der Waals surface area contributed by atoms with E-state index in [0.717, 1.165) is 0 Å². The summed E-state index contributed by atoms with van der Waals surface area (Å²) in [6.07, 6.45) is -0.663. The Kier molecular flexibility index (Phi) is 6.38. The molecule has 0 aromatic carbocycles. The van der Waals surface area contributed by atoms with Gasteiger partial charge in [0.2, 0.25) is 0 Å². The number of carboxylic acids is 1. The van der Waals surface area contributed by atoms with E-state index in [9.17, 15) is 15.0 Å². The molecule has 1 rings (SSSR count). The van der Waals surface area contributed by atoms with Gasteiger partial charge in [0.25, 0.3) is 0 Å². The monoisotopic (exact) mass is 300 g/mol. The molecule has 0 aliphatic rings. The van der Waals surface area contributed by atoms with Crippen molar-refractivity contribution in [2.45, 2.75) is 37.8 Å². The predicted molar refractivity (Wildman–Crippen MR) is 76.4 cm³/mol. The van der Waals surface area contributed by atoms with Crippen LogP contribution in [0, 0.1) is 6.92 Å². The Hall–Kier alpha value is -1.18. The molecule has 20 heavy (non-hydrogen) atoms. The Morgan fingerprint density at radius 1 is 1.40 bits per heavy atom. The zero-order chi connectivity index (χ0) is 15.3. The van der Waals surface area contributed by atoms with Crippen LogP contribution in [0.25, 0.3) is 0 Å². The molecule has 0 radical (unpaired) electrons. The van der Waals surface area contributed by atoms with Crippen LogP contribution in [0.3, 0.4) is 0 Å². The van der Waals surface area contributed by atoms with Crippen molar-refractivity contribution in [2.24, 2.45) is 0 Å². The van der Waals surface area contributed by atoms with Crippen LogP contribution in [-0.2, 0) is 4.74 Å². The second kappa shape index (κ2) is 7.56. The normalized spacial score (nSPS) is 12.7. The molecule has 1 heterocycles. The molecule has 0 fully saturated rings. The third kappa shape index (κ3) is 4.43. The van der Waals surface area contributed by atoms with Crippen LogP contribution in [0.2, 0.25) is 0 Å². The molecule has 0 amide bonds. The molecule has 0 saturated carbocycles. The number of hydrogen-bond acceptors (Lipinski definition) is 6. The fourth-order valence-corrected chi connectivity index (χ4v) is 2.58. The van der Waals surface area contributed by atoms with Gasteiger partial charge in [-0.3, -0.25) is 0 Å². The molecule has 0 saturated heterocycles. The van der Waals surface area contributed by atoms with Gasteiger partial charge in [-0.1, -0.05) is 13.8 Å². The molecular weight excluding hydrogens is 280 g/mol. The number of carbonyl (C=O) groups is 1. The third-order valence-corrected chi connectivity index (χ3v) is 3.70. The molecule has 0 aliphatic heterocycles. The van der Waals surface area contributed by atoms with Crippen LogP contribution in [-0.4, -0.2) is 51.7 Å². The van der Waals surface area contributed by atoms with Crippen LogP contribution in [0.1, 0.15) is 41.6 Å². The van der Waals surface area contributed by atoms with Gasteiger partial charge in [-0.25, -0.2) is 14.8 Å². The zero-order valence-corrected chi connectivity index (χ0v) is 12.9. The summed E-state index contributed by atoms with van der Waals surface area (Å²) >= 11 is 1.21. The van der Waals surface area contributed by atoms with Gasteiger partial charge < -0.3 is 14.9 Å². The number of aromatic carboxylic acids is 1. The fourth-order valence-electron chi connectivity index (χ4n) is 1.59. The Balaban J connectivity index is 3.04. The summed E-state index contributed by atoms with van der Waals surface area (Å²) in [5, 5.41) is 19.3. The Morgan fingerprint density at radius 3 is 2.55 bits per heavy atom. The molecule has 0 bridgehead atoms. The molecule has 1 unspecified atom stereocenters. The first-order chi connectivity index (χ1) is 9.36. The maximum absolute atomic E-state index is 11.3. The summed E-state index contributed by atoms with van der Waals surface area (Å²) in [6, 6.07) is 0. The molecule has 2 N–H and O–H groups in total. The third-order valence-electron chi connectivity index (χ3n) is 2.58. The van der Waals surface area contributed by atoms with E-state index in [-0.39, 0.29) is 18.1 Å². The first kappa shape index (κ1) is 16.9. The minimum absolute atomic E-state index is 0.101. The lowest BCUT2D eigenvalue weighted by Crippen LogP contribution is -2.18. The van der Waals surface area contributed by atoms with Crippen molar-refractivity contribution in [3.8, 4) is 0 Å². The van der Waals surface area contributed by atoms with Crippen LogP contribution in [0.4, 0.5) is 0 Å². The van der Waals surface area contributed by atoms with E-state index in [4.69, 9.17) is 4.74 Å². The van der Waals surface area contributed by atoms with Gasteiger partial charge in [0.1, 0.15) is 16.4 Å². The first-order valence-electron chi connectivity index (χ1n) is 6.28. The smallest absolute Gasteiger partial charge is 0.340 e. The number of aliphatic hydroxyl groups is 1. The van der Waals surface area contributed by atoms with Gasteiger partial charge in [-0.2, -0.15) is 0 Å². The average Bonchev–Trinajstić information content (AvgIpc) is 2.35. The molecule has 112 valence electrons. The molecule has 1 aromatic rings. The van der Waals surface area contributed by atoms with E-state index < -0.39 is 12.1 Å². The van der Waals surface area contributed by atoms with E-state index in [1.165, 1.54) is 18.9 Å². The molecular formula is C13H20N2O4S. The highest BCUT2D eigenvalue weighted by molar-refractivity contribution is 7.99. The van der Waals surface area contributed by atoms with Gasteiger partial charge in [0, 0.05) is 18.8 Å². The fraction of sp³-hybridized carbons (Fsp3) is 0.615. The average molecular weight is 300 g/mol. The summed E-state index contributed by atoms with van der Waals surface area (Å²) in [7, 11) is 1.50. The summed E-state index contributed by atoms with van der Waals surface area (Å²) in [4.78, 5) is 19.8. The minimum Gasteiger partial charge on any atom is -0.478 e. The van der Waals surface area contributed by atoms with Crippen molar-refractivity contribution in [1.29, 1.82) is 0 Å². The van der Waals surface area contributed by atoms with Gasteiger partial charge in [-0.05, 0) is 6.92 Å². The standard InChI is InChI=1S/C13H20N2O4S/c1-7(2)11-14-8(3)10(13(17)18)12(15-11)20-6-9(16)5-19-4/h7,9,16H,5-6H2,1-4H3,(H,17,18). The number of methoxy groups -OCH3 is 1. The van der Waals surface area contributed by atoms with Crippen molar-refractivity contribution in [3.63, 3.8) is 0 Å². The first-order valence-corrected chi connectivity index (χ1v) is 7.27. The number of aromatic nitrogens is 2. The summed E-state index contributed by atoms with van der Waals surface area (Å²) in [6.45, 7) is 5.76. The molecule has 1 atom stereocenters. The second-order valence-corrected chi connectivity index (χ2v) is 5.74. The Bertz CT molecular complexity index is 480. The highest BCUT2D eigenvalue weighted by Crippen LogP contribution is 2.25. The number of thioether (sulfide) groups is 1. The van der Waals surface area contributed by atoms with Gasteiger partial charge in [0.05, 0.1) is 18.4 Å². The highest BCUT2D eigenvalue weighted by Gasteiger charge is 2.20. The van der Waals surface area contributed by atoms with E-state index in [0.29, 0.717) is 22.3 Å². The van der Waals surface area contributed by atoms with E-state index in [2.05, 4.69) is 9.97 Å². The number of hydrogen-bond donors (Lipinski definition) is 2. The maximum atomic E-state index is 11.3. The number of nitrogens with zero attached hydrogens (tertiary/aromatic N) is 2. The maximum Gasteiger partial charge on any atom is 0.340 e. The van der Waals surface area contributed by atoms with Gasteiger partial charge in [0.15, 0.2) is 0 Å². The van der Waals surface area contributed by atoms with E-state index in [1.54, 1.807) is 6.92 Å². The SMILES string of the molecule is COCC(O)CSc1nc(C(C)C)nc(C)c1C(=O)O. The quantitative estimate of drug-likeness (QED) is 0.585. The second-order valence-electron chi connectivity index (χ2n) is 4.73. The van der Waals surface area contributed by atoms with Gasteiger partial charge in [-0.15, -0.1) is 11.8 Å². The number of aryl methyl sites for hydroxylation is 1. The number of ether oxygens (including phenoxy) is 1. The zero-order valence-electron chi connectivity index (χ0n) is 12.1. The van der Waals surface area contributed by atoms with Crippen molar-refractivity contribution in [3.05, 3.63) is 17.1 Å². The highest BCUT2D eigenvalue weighted by atomic mass is 32.2. The van der Waals surface area contributed by atoms with Crippen LogP contribution in [0.5, 0.6) is 0 Å².